The van der Waals surface area contributed by atoms with Crippen LogP contribution in [0.5, 0.6) is 0 Å². The van der Waals surface area contributed by atoms with Crippen molar-refractivity contribution < 1.29 is 19.1 Å². The number of nitrogens with zero attached hydrogens (tertiary/aromatic N) is 5. The summed E-state index contributed by atoms with van der Waals surface area (Å²) >= 11 is 0. The number of pyridine rings is 1. The van der Waals surface area contributed by atoms with E-state index < -0.39 is 5.97 Å². The summed E-state index contributed by atoms with van der Waals surface area (Å²) < 4.78 is 7.29. The summed E-state index contributed by atoms with van der Waals surface area (Å²) in [5.41, 5.74) is 2.75. The van der Waals surface area contributed by atoms with Gasteiger partial charge in [-0.3, -0.25) is 14.7 Å². The lowest BCUT2D eigenvalue weighted by Crippen LogP contribution is -2.43. The van der Waals surface area contributed by atoms with Gasteiger partial charge in [-0.15, -0.1) is 5.10 Å². The first-order valence-corrected chi connectivity index (χ1v) is 12.3. The normalized spacial score (nSPS) is 18.0. The Morgan fingerprint density at radius 3 is 2.47 bits per heavy atom. The van der Waals surface area contributed by atoms with E-state index in [0.29, 0.717) is 23.1 Å². The van der Waals surface area contributed by atoms with E-state index in [1.807, 2.05) is 38.1 Å². The fraction of sp³-hybridized carbons (Fsp3) is 0.370. The molecule has 3 heterocycles. The zero-order valence-electron chi connectivity index (χ0n) is 20.6. The number of carboxylic acid groups (broad SMARTS) is 1. The molecular weight excluding hydrogens is 458 g/mol. The molecule has 1 aliphatic rings. The van der Waals surface area contributed by atoms with Gasteiger partial charge in [-0.25, -0.2) is 14.5 Å². The van der Waals surface area contributed by atoms with Crippen LogP contribution in [0.25, 0.3) is 28.2 Å². The van der Waals surface area contributed by atoms with Gasteiger partial charge in [0.15, 0.2) is 11.4 Å². The van der Waals surface area contributed by atoms with Gasteiger partial charge in [0.1, 0.15) is 11.1 Å². The summed E-state index contributed by atoms with van der Waals surface area (Å²) in [6.45, 7) is 5.98. The summed E-state index contributed by atoms with van der Waals surface area (Å²) in [5.74, 6) is -0.0213. The van der Waals surface area contributed by atoms with Gasteiger partial charge in [0.25, 0.3) is 0 Å². The number of oxazole rings is 1. The first-order chi connectivity index (χ1) is 17.3. The van der Waals surface area contributed by atoms with Gasteiger partial charge in [0.2, 0.25) is 11.8 Å². The average molecular weight is 488 g/mol. The van der Waals surface area contributed by atoms with Crippen LogP contribution >= 0.6 is 0 Å². The molecule has 1 aromatic carbocycles. The number of hydrogen-bond acceptors (Lipinski definition) is 6. The predicted octanol–water partition coefficient (Wildman–Crippen LogP) is 5.34. The van der Waals surface area contributed by atoms with Crippen LogP contribution in [0.2, 0.25) is 0 Å². The van der Waals surface area contributed by atoms with Crippen LogP contribution in [0, 0.1) is 11.8 Å². The number of carbonyl (C=O) groups is 2. The van der Waals surface area contributed by atoms with Crippen LogP contribution in [0.1, 0.15) is 56.8 Å². The van der Waals surface area contributed by atoms with Gasteiger partial charge >= 0.3 is 5.97 Å². The van der Waals surface area contributed by atoms with Gasteiger partial charge in [-0.05, 0) is 75.8 Å². The Morgan fingerprint density at radius 1 is 1.11 bits per heavy atom. The van der Waals surface area contributed by atoms with Crippen LogP contribution < -0.4 is 4.90 Å². The third-order valence-corrected chi connectivity index (χ3v) is 6.84. The second-order valence-electron chi connectivity index (χ2n) is 9.78. The lowest BCUT2D eigenvalue weighted by atomic mass is 9.82. The van der Waals surface area contributed by atoms with Crippen LogP contribution in [0.15, 0.2) is 53.3 Å². The second-order valence-corrected chi connectivity index (χ2v) is 9.78. The Hall–Kier alpha value is -4.01. The van der Waals surface area contributed by atoms with E-state index in [2.05, 4.69) is 22.0 Å². The van der Waals surface area contributed by atoms with E-state index in [1.165, 1.54) is 10.9 Å². The third kappa shape index (κ3) is 4.48. The van der Waals surface area contributed by atoms with E-state index in [4.69, 9.17) is 4.42 Å². The molecule has 5 rings (SSSR count). The Morgan fingerprint density at radius 2 is 1.83 bits per heavy atom. The molecule has 1 N–H and O–H groups in total. The number of rotatable bonds is 6. The highest BCUT2D eigenvalue weighted by Crippen LogP contribution is 2.33. The van der Waals surface area contributed by atoms with Crippen molar-refractivity contribution >= 4 is 28.8 Å². The third-order valence-electron chi connectivity index (χ3n) is 6.84. The first kappa shape index (κ1) is 23.7. The summed E-state index contributed by atoms with van der Waals surface area (Å²) in [6, 6.07) is 8.86. The molecule has 9 heteroatoms. The smallest absolute Gasteiger partial charge is 0.341 e. The van der Waals surface area contributed by atoms with E-state index in [-0.39, 0.29) is 29.2 Å². The van der Waals surface area contributed by atoms with E-state index in [9.17, 15) is 14.7 Å². The molecule has 0 spiro atoms. The van der Waals surface area contributed by atoms with Crippen molar-refractivity contribution in [2.24, 2.45) is 11.8 Å². The van der Waals surface area contributed by atoms with E-state index in [1.54, 1.807) is 23.4 Å². The number of aromatic nitrogens is 4. The number of carboxylic acids is 1. The molecule has 0 aliphatic heterocycles. The molecule has 36 heavy (non-hydrogen) atoms. The highest BCUT2D eigenvalue weighted by Gasteiger charge is 2.34. The van der Waals surface area contributed by atoms with Crippen molar-refractivity contribution in [3.8, 4) is 17.1 Å². The summed E-state index contributed by atoms with van der Waals surface area (Å²) in [7, 11) is 0. The summed E-state index contributed by atoms with van der Waals surface area (Å²) in [5, 5.41) is 14.5. The van der Waals surface area contributed by atoms with Crippen LogP contribution in [0.3, 0.4) is 0 Å². The van der Waals surface area contributed by atoms with Gasteiger partial charge in [0.05, 0.1) is 11.9 Å². The van der Waals surface area contributed by atoms with Gasteiger partial charge in [-0.1, -0.05) is 6.92 Å². The molecule has 1 fully saturated rings. The molecular formula is C27H29N5O4. The minimum absolute atomic E-state index is 0.00300. The number of benzene rings is 1. The van der Waals surface area contributed by atoms with Gasteiger partial charge < -0.3 is 9.52 Å². The highest BCUT2D eigenvalue weighted by atomic mass is 16.4. The number of anilines is 1. The average Bonchev–Trinajstić information content (AvgIpc) is 3.49. The molecule has 0 unspecified atom stereocenters. The van der Waals surface area contributed by atoms with Gasteiger partial charge in [0, 0.05) is 29.9 Å². The molecule has 186 valence electrons. The topological polar surface area (TPSA) is 114 Å². The minimum atomic E-state index is -1.12. The molecule has 0 saturated heterocycles. The van der Waals surface area contributed by atoms with Crippen molar-refractivity contribution in [2.45, 2.75) is 52.5 Å². The molecule has 0 radical (unpaired) electrons. The predicted molar refractivity (Wildman–Crippen MR) is 135 cm³/mol. The fourth-order valence-electron chi connectivity index (χ4n) is 4.79. The van der Waals surface area contributed by atoms with E-state index in [0.717, 1.165) is 36.8 Å². The summed E-state index contributed by atoms with van der Waals surface area (Å²) in [6.07, 6.45) is 8.39. The molecule has 1 amide bonds. The lowest BCUT2D eigenvalue weighted by Gasteiger charge is -2.32. The van der Waals surface area contributed by atoms with Crippen molar-refractivity contribution in [2.75, 3.05) is 4.90 Å². The SMILES string of the molecule is CC1CCC(C(=O)N(c2nn(-c3ccc(-c4nc5ccncc5o4)cc3)cc2C(=O)O)C(C)C)CC1. The Kier molecular flexibility index (Phi) is 6.30. The van der Waals surface area contributed by atoms with Crippen molar-refractivity contribution in [3.05, 3.63) is 54.5 Å². The number of hydrogen-bond donors (Lipinski definition) is 1. The molecule has 0 bridgehead atoms. The first-order valence-electron chi connectivity index (χ1n) is 12.3. The highest BCUT2D eigenvalue weighted by molar-refractivity contribution is 6.01. The standard InChI is InChI=1S/C27H29N5O4/c1-16(2)32(26(33)19-6-4-17(3)5-7-19)24-21(27(34)35)15-31(30-24)20-10-8-18(9-11-20)25-29-22-12-13-28-14-23(22)36-25/h8-17,19H,4-7H2,1-3H3,(H,34,35). The largest absolute Gasteiger partial charge is 0.477 e. The number of amides is 1. The molecule has 0 atom stereocenters. The van der Waals surface area contributed by atoms with Crippen LogP contribution in [0.4, 0.5) is 5.82 Å². The Balaban J connectivity index is 1.46. The maximum atomic E-state index is 13.5. The maximum absolute atomic E-state index is 13.5. The molecule has 1 aliphatic carbocycles. The number of carbonyl (C=O) groups excluding carboxylic acids is 1. The Labute approximate surface area is 208 Å². The monoisotopic (exact) mass is 487 g/mol. The molecule has 3 aromatic heterocycles. The lowest BCUT2D eigenvalue weighted by molar-refractivity contribution is -0.124. The maximum Gasteiger partial charge on any atom is 0.341 e. The molecule has 1 saturated carbocycles. The van der Waals surface area contributed by atoms with Gasteiger partial charge in [-0.2, -0.15) is 0 Å². The van der Waals surface area contributed by atoms with Crippen molar-refractivity contribution in [3.63, 3.8) is 0 Å². The fourth-order valence-corrected chi connectivity index (χ4v) is 4.79. The minimum Gasteiger partial charge on any atom is -0.477 e. The van der Waals surface area contributed by atoms with Crippen molar-refractivity contribution in [1.82, 2.24) is 19.7 Å². The van der Waals surface area contributed by atoms with Crippen molar-refractivity contribution in [1.29, 1.82) is 0 Å². The van der Waals surface area contributed by atoms with Crippen LogP contribution in [-0.2, 0) is 4.79 Å². The molecule has 4 aromatic rings. The number of fused-ring (bicyclic) bond motifs is 1. The number of aromatic carboxylic acids is 1. The van der Waals surface area contributed by atoms with Crippen LogP contribution in [-0.4, -0.2) is 42.8 Å². The zero-order valence-corrected chi connectivity index (χ0v) is 20.6. The molecule has 9 nitrogen and oxygen atoms in total. The van der Waals surface area contributed by atoms with E-state index >= 15 is 0 Å². The Bertz CT molecular complexity index is 1360. The summed E-state index contributed by atoms with van der Waals surface area (Å²) in [4.78, 5) is 35.7. The quantitative estimate of drug-likeness (QED) is 0.390. The second kappa shape index (κ2) is 9.56. The zero-order chi connectivity index (χ0) is 25.4.